The number of allylic oxidation sites excluding steroid dienone is 1. The molecule has 6 heteroatoms. The summed E-state index contributed by atoms with van der Waals surface area (Å²) in [5.74, 6) is 1.44. The van der Waals surface area contributed by atoms with E-state index in [4.69, 9.17) is 0 Å². The highest BCUT2D eigenvalue weighted by Gasteiger charge is 2.28. The second-order valence-electron chi connectivity index (χ2n) is 9.52. The van der Waals surface area contributed by atoms with Crippen molar-refractivity contribution >= 4 is 27.6 Å². The molecule has 5 nitrogen and oxygen atoms in total. The maximum Gasteiger partial charge on any atom is 0.254 e. The van der Waals surface area contributed by atoms with E-state index in [1.807, 2.05) is 23.1 Å². The van der Waals surface area contributed by atoms with Crippen LogP contribution in [0.25, 0.3) is 0 Å². The molecule has 3 heterocycles. The van der Waals surface area contributed by atoms with Crippen molar-refractivity contribution in [3.05, 3.63) is 120 Å². The SMILES string of the molecule is O=C1c2ccccc2CN1C/C=C\CN1CCN(C2=CC=S(c3ccccc3)N2c2ccccc2)CC1. The first-order chi connectivity index (χ1) is 18.3. The summed E-state index contributed by atoms with van der Waals surface area (Å²) >= 11 is 0. The summed E-state index contributed by atoms with van der Waals surface area (Å²) in [6.07, 6.45) is 6.68. The minimum absolute atomic E-state index is 0.128. The van der Waals surface area contributed by atoms with Crippen molar-refractivity contribution in [3.63, 3.8) is 0 Å². The van der Waals surface area contributed by atoms with Gasteiger partial charge in [0.25, 0.3) is 5.91 Å². The number of carbonyl (C=O) groups excluding carboxylic acids is 1. The van der Waals surface area contributed by atoms with Crippen LogP contribution in [-0.4, -0.2) is 65.2 Å². The zero-order valence-electron chi connectivity index (χ0n) is 20.9. The van der Waals surface area contributed by atoms with Gasteiger partial charge in [0, 0.05) is 56.3 Å². The first-order valence-corrected chi connectivity index (χ1v) is 14.2. The van der Waals surface area contributed by atoms with E-state index >= 15 is 0 Å². The third-order valence-electron chi connectivity index (χ3n) is 7.17. The van der Waals surface area contributed by atoms with Crippen molar-refractivity contribution in [1.29, 1.82) is 0 Å². The van der Waals surface area contributed by atoms with Gasteiger partial charge in [-0.2, -0.15) is 0 Å². The number of rotatable bonds is 7. The van der Waals surface area contributed by atoms with Crippen molar-refractivity contribution in [2.45, 2.75) is 11.4 Å². The first-order valence-electron chi connectivity index (χ1n) is 13.0. The van der Waals surface area contributed by atoms with Crippen LogP contribution in [0.3, 0.4) is 0 Å². The maximum atomic E-state index is 12.6. The Balaban J connectivity index is 1.05. The number of benzene rings is 3. The molecule has 0 aromatic heterocycles. The Morgan fingerprint density at radius 3 is 2.19 bits per heavy atom. The molecule has 1 unspecified atom stereocenters. The molecule has 6 rings (SSSR count). The van der Waals surface area contributed by atoms with Gasteiger partial charge in [0.05, 0.1) is 5.69 Å². The van der Waals surface area contributed by atoms with Crippen LogP contribution in [-0.2, 0) is 6.54 Å². The summed E-state index contributed by atoms with van der Waals surface area (Å²) in [5.41, 5.74) is 3.22. The van der Waals surface area contributed by atoms with Gasteiger partial charge in [-0.05, 0) is 47.3 Å². The van der Waals surface area contributed by atoms with Crippen LogP contribution in [0.2, 0.25) is 0 Å². The van der Waals surface area contributed by atoms with Gasteiger partial charge in [0.15, 0.2) is 0 Å². The number of carbonyl (C=O) groups is 1. The van der Waals surface area contributed by atoms with Gasteiger partial charge in [0.1, 0.15) is 5.82 Å². The monoisotopic (exact) mass is 508 g/mol. The van der Waals surface area contributed by atoms with Gasteiger partial charge in [0.2, 0.25) is 0 Å². The molecule has 1 saturated heterocycles. The molecular weight excluding hydrogens is 476 g/mol. The Labute approximate surface area is 222 Å². The molecule has 0 bridgehead atoms. The van der Waals surface area contributed by atoms with E-state index in [0.717, 1.165) is 43.9 Å². The smallest absolute Gasteiger partial charge is 0.254 e. The standard InChI is InChI=1S/C31H32N4OS/c36-31-29-16-8-7-11-26(29)25-34(31)19-10-9-18-32-20-22-33(23-21-32)30-17-24-37(28-14-5-2-6-15-28)35(30)27-12-3-1-4-13-27/h1-17,24H,18-23,25H2/b10-9-. The van der Waals surface area contributed by atoms with E-state index in [1.54, 1.807) is 0 Å². The molecular formula is C31H32N4OS. The van der Waals surface area contributed by atoms with Gasteiger partial charge >= 0.3 is 0 Å². The van der Waals surface area contributed by atoms with Crippen LogP contribution in [0.15, 0.2) is 114 Å². The number of piperazine rings is 1. The van der Waals surface area contributed by atoms with E-state index in [1.165, 1.54) is 16.4 Å². The Morgan fingerprint density at radius 2 is 1.43 bits per heavy atom. The molecule has 1 atom stereocenters. The number of nitrogens with zero attached hydrogens (tertiary/aromatic N) is 4. The molecule has 3 aromatic rings. The highest BCUT2D eigenvalue weighted by atomic mass is 32.2. The fourth-order valence-electron chi connectivity index (χ4n) is 5.19. The fourth-order valence-corrected chi connectivity index (χ4v) is 7.09. The lowest BCUT2D eigenvalue weighted by Gasteiger charge is -2.40. The lowest BCUT2D eigenvalue weighted by molar-refractivity contribution is 0.0796. The van der Waals surface area contributed by atoms with Gasteiger partial charge in [-0.3, -0.25) is 14.0 Å². The zero-order chi connectivity index (χ0) is 25.0. The van der Waals surface area contributed by atoms with Crippen LogP contribution < -0.4 is 4.31 Å². The first kappa shape index (κ1) is 23.8. The molecule has 3 aromatic carbocycles. The van der Waals surface area contributed by atoms with Gasteiger partial charge in [-0.15, -0.1) is 0 Å². The van der Waals surface area contributed by atoms with Crippen LogP contribution in [0.5, 0.6) is 0 Å². The molecule has 1 amide bonds. The summed E-state index contributed by atoms with van der Waals surface area (Å²) in [7, 11) is -0.128. The third-order valence-corrected chi connectivity index (χ3v) is 9.12. The van der Waals surface area contributed by atoms with Crippen molar-refractivity contribution < 1.29 is 4.79 Å². The van der Waals surface area contributed by atoms with Crippen molar-refractivity contribution in [3.8, 4) is 0 Å². The molecule has 0 spiro atoms. The van der Waals surface area contributed by atoms with Crippen molar-refractivity contribution in [2.24, 2.45) is 0 Å². The molecule has 188 valence electrons. The lowest BCUT2D eigenvalue weighted by atomic mass is 10.1. The highest BCUT2D eigenvalue weighted by Crippen LogP contribution is 2.42. The average molecular weight is 509 g/mol. The fraction of sp³-hybridized carbons (Fsp3) is 0.226. The number of para-hydroxylation sites is 1. The molecule has 37 heavy (non-hydrogen) atoms. The molecule has 3 aliphatic heterocycles. The summed E-state index contributed by atoms with van der Waals surface area (Å²) in [4.78, 5) is 20.8. The zero-order valence-corrected chi connectivity index (χ0v) is 21.8. The van der Waals surface area contributed by atoms with E-state index < -0.39 is 0 Å². The van der Waals surface area contributed by atoms with E-state index in [0.29, 0.717) is 13.1 Å². The van der Waals surface area contributed by atoms with Gasteiger partial charge in [-0.25, -0.2) is 0 Å². The normalized spacial score (nSPS) is 19.9. The third kappa shape index (κ3) is 4.99. The van der Waals surface area contributed by atoms with Crippen LogP contribution in [0.1, 0.15) is 15.9 Å². The minimum Gasteiger partial charge on any atom is -0.355 e. The average Bonchev–Trinajstić information content (AvgIpc) is 3.54. The molecule has 0 radical (unpaired) electrons. The molecule has 1 fully saturated rings. The summed E-state index contributed by atoms with van der Waals surface area (Å²) in [5, 5.41) is 2.35. The Bertz CT molecular complexity index is 1340. The minimum atomic E-state index is -0.128. The number of anilines is 1. The molecule has 0 aliphatic carbocycles. The predicted molar refractivity (Wildman–Crippen MR) is 154 cm³/mol. The number of hydrogen-bond donors (Lipinski definition) is 0. The van der Waals surface area contributed by atoms with E-state index in [-0.39, 0.29) is 16.6 Å². The predicted octanol–water partition coefficient (Wildman–Crippen LogP) is 5.22. The van der Waals surface area contributed by atoms with E-state index in [9.17, 15) is 4.79 Å². The van der Waals surface area contributed by atoms with Crippen molar-refractivity contribution in [1.82, 2.24) is 14.7 Å². The topological polar surface area (TPSA) is 30.0 Å². The van der Waals surface area contributed by atoms with E-state index in [2.05, 4.69) is 104 Å². The van der Waals surface area contributed by atoms with Crippen LogP contribution >= 0.6 is 10.7 Å². The summed E-state index contributed by atoms with van der Waals surface area (Å²) in [6.45, 7) is 6.36. The Hall–Kier alpha value is -3.61. The van der Waals surface area contributed by atoms with Crippen LogP contribution in [0.4, 0.5) is 5.69 Å². The summed E-state index contributed by atoms with van der Waals surface area (Å²) < 4.78 is 2.50. The number of hydrogen-bond acceptors (Lipinski definition) is 4. The lowest BCUT2D eigenvalue weighted by Crippen LogP contribution is -2.47. The Kier molecular flexibility index (Phi) is 6.93. The quantitative estimate of drug-likeness (QED) is 0.323. The molecule has 3 aliphatic rings. The number of amides is 1. The van der Waals surface area contributed by atoms with Crippen LogP contribution in [0, 0.1) is 0 Å². The molecule has 0 saturated carbocycles. The van der Waals surface area contributed by atoms with Crippen molar-refractivity contribution in [2.75, 3.05) is 43.6 Å². The van der Waals surface area contributed by atoms with Gasteiger partial charge in [-0.1, -0.05) is 77.4 Å². The second kappa shape index (κ2) is 10.8. The Morgan fingerprint density at radius 1 is 0.757 bits per heavy atom. The number of fused-ring (bicyclic) bond motifs is 1. The second-order valence-corrected chi connectivity index (χ2v) is 11.3. The van der Waals surface area contributed by atoms with Gasteiger partial charge < -0.3 is 9.80 Å². The molecule has 0 N–H and O–H groups in total. The largest absolute Gasteiger partial charge is 0.355 e. The summed E-state index contributed by atoms with van der Waals surface area (Å²) in [6, 6.07) is 29.5. The maximum absolute atomic E-state index is 12.6. The highest BCUT2D eigenvalue weighted by molar-refractivity contribution is 8.16.